The van der Waals surface area contributed by atoms with Crippen LogP contribution in [0.5, 0.6) is 0 Å². The van der Waals surface area contributed by atoms with Crippen molar-refractivity contribution < 1.29 is 17.9 Å². The van der Waals surface area contributed by atoms with Gasteiger partial charge in [-0.1, -0.05) is 0 Å². The molecule has 0 aromatic heterocycles. The van der Waals surface area contributed by atoms with Gasteiger partial charge in [-0.15, -0.1) is 0 Å². The smallest absolute Gasteiger partial charge is 0.227 e. The van der Waals surface area contributed by atoms with Gasteiger partial charge in [-0.05, 0) is 19.3 Å². The zero-order valence-corrected chi connectivity index (χ0v) is 12.1. The lowest BCUT2D eigenvalue weighted by molar-refractivity contribution is -0.135. The van der Waals surface area contributed by atoms with Crippen LogP contribution in [0.15, 0.2) is 0 Å². The first kappa shape index (κ1) is 13.3. The number of ether oxygens (including phenoxy) is 1. The van der Waals surface area contributed by atoms with Gasteiger partial charge in [0.05, 0.1) is 23.4 Å². The van der Waals surface area contributed by atoms with Gasteiger partial charge in [0, 0.05) is 27.2 Å². The summed E-state index contributed by atoms with van der Waals surface area (Å²) in [6.45, 7) is 0.742. The highest BCUT2D eigenvalue weighted by molar-refractivity contribution is 7.90. The molecule has 6 nitrogen and oxygen atoms in total. The van der Waals surface area contributed by atoms with Gasteiger partial charge in [0.1, 0.15) is 0 Å². The highest BCUT2D eigenvalue weighted by Gasteiger charge is 2.50. The SMILES string of the molecule is CN(C)C(=O)[C@H]1C[C@@H]2CN(S(=O)(=O)C3CC3)C[C@H]1O2. The molecule has 3 fully saturated rings. The maximum absolute atomic E-state index is 12.3. The van der Waals surface area contributed by atoms with E-state index < -0.39 is 10.0 Å². The van der Waals surface area contributed by atoms with Gasteiger partial charge >= 0.3 is 0 Å². The van der Waals surface area contributed by atoms with Crippen molar-refractivity contribution in [2.75, 3.05) is 27.2 Å². The van der Waals surface area contributed by atoms with Gasteiger partial charge in [0.25, 0.3) is 0 Å². The molecule has 1 saturated carbocycles. The number of nitrogens with zero attached hydrogens (tertiary/aromatic N) is 2. The third-order valence-corrected chi connectivity index (χ3v) is 6.52. The van der Waals surface area contributed by atoms with E-state index in [0.29, 0.717) is 19.5 Å². The summed E-state index contributed by atoms with van der Waals surface area (Å²) in [5.41, 5.74) is 0. The number of morpholine rings is 1. The molecule has 0 N–H and O–H groups in total. The van der Waals surface area contributed by atoms with E-state index >= 15 is 0 Å². The molecule has 2 bridgehead atoms. The van der Waals surface area contributed by atoms with Crippen molar-refractivity contribution in [2.45, 2.75) is 36.7 Å². The van der Waals surface area contributed by atoms with Crippen LogP contribution < -0.4 is 0 Å². The fourth-order valence-electron chi connectivity index (χ4n) is 3.00. The summed E-state index contributed by atoms with van der Waals surface area (Å²) >= 11 is 0. The number of amides is 1. The second kappa shape index (κ2) is 4.43. The van der Waals surface area contributed by atoms with Gasteiger partial charge in [-0.2, -0.15) is 4.31 Å². The zero-order valence-electron chi connectivity index (χ0n) is 11.3. The number of carbonyl (C=O) groups is 1. The van der Waals surface area contributed by atoms with Crippen LogP contribution in [0.3, 0.4) is 0 Å². The summed E-state index contributed by atoms with van der Waals surface area (Å²) in [7, 11) is 0.295. The van der Waals surface area contributed by atoms with Crippen LogP contribution in [0.25, 0.3) is 0 Å². The molecule has 1 amide bonds. The van der Waals surface area contributed by atoms with Crippen LogP contribution in [-0.2, 0) is 19.6 Å². The van der Waals surface area contributed by atoms with E-state index in [0.717, 1.165) is 12.8 Å². The van der Waals surface area contributed by atoms with Crippen molar-refractivity contribution >= 4 is 15.9 Å². The lowest BCUT2D eigenvalue weighted by atomic mass is 9.99. The van der Waals surface area contributed by atoms with E-state index in [2.05, 4.69) is 0 Å². The molecule has 108 valence electrons. The molecule has 2 aliphatic heterocycles. The molecule has 2 saturated heterocycles. The average molecular weight is 288 g/mol. The predicted molar refractivity (Wildman–Crippen MR) is 69.0 cm³/mol. The van der Waals surface area contributed by atoms with E-state index in [4.69, 9.17) is 4.74 Å². The molecule has 0 aromatic rings. The van der Waals surface area contributed by atoms with Crippen molar-refractivity contribution in [3.8, 4) is 0 Å². The van der Waals surface area contributed by atoms with Crippen molar-refractivity contribution in [3.63, 3.8) is 0 Å². The molecule has 19 heavy (non-hydrogen) atoms. The van der Waals surface area contributed by atoms with Crippen molar-refractivity contribution in [1.82, 2.24) is 9.21 Å². The Morgan fingerprint density at radius 3 is 2.53 bits per heavy atom. The number of fused-ring (bicyclic) bond motifs is 2. The lowest BCUT2D eigenvalue weighted by Gasteiger charge is -2.32. The lowest BCUT2D eigenvalue weighted by Crippen LogP contribution is -2.48. The number of carbonyl (C=O) groups excluding carboxylic acids is 1. The Labute approximate surface area is 113 Å². The Hall–Kier alpha value is -0.660. The van der Waals surface area contributed by atoms with Crippen molar-refractivity contribution in [1.29, 1.82) is 0 Å². The Morgan fingerprint density at radius 1 is 1.26 bits per heavy atom. The first-order valence-electron chi connectivity index (χ1n) is 6.75. The molecule has 0 spiro atoms. The van der Waals surface area contributed by atoms with Crippen molar-refractivity contribution in [3.05, 3.63) is 0 Å². The normalized spacial score (nSPS) is 35.4. The van der Waals surface area contributed by atoms with Gasteiger partial charge in [0.15, 0.2) is 0 Å². The minimum absolute atomic E-state index is 0.0400. The third-order valence-electron chi connectivity index (χ3n) is 4.19. The molecular formula is C12H20N2O4S. The van der Waals surface area contributed by atoms with E-state index in [9.17, 15) is 13.2 Å². The zero-order chi connectivity index (χ0) is 13.8. The largest absolute Gasteiger partial charge is 0.371 e. The predicted octanol–water partition coefficient (Wildman–Crippen LogP) is -0.344. The van der Waals surface area contributed by atoms with Gasteiger partial charge in [-0.3, -0.25) is 4.79 Å². The number of hydrogen-bond acceptors (Lipinski definition) is 4. The van der Waals surface area contributed by atoms with E-state index in [-0.39, 0.29) is 29.3 Å². The monoisotopic (exact) mass is 288 g/mol. The molecule has 7 heteroatoms. The van der Waals surface area contributed by atoms with Crippen LogP contribution in [-0.4, -0.2) is 68.2 Å². The molecule has 2 heterocycles. The van der Waals surface area contributed by atoms with Crippen LogP contribution in [0.2, 0.25) is 0 Å². The Kier molecular flexibility index (Phi) is 3.11. The van der Waals surface area contributed by atoms with E-state index in [1.165, 1.54) is 0 Å². The number of sulfonamides is 1. The molecule has 0 aromatic carbocycles. The van der Waals surface area contributed by atoms with Crippen LogP contribution in [0, 0.1) is 5.92 Å². The Morgan fingerprint density at radius 2 is 1.95 bits per heavy atom. The third kappa shape index (κ3) is 2.28. The summed E-state index contributed by atoms with van der Waals surface area (Å²) in [5.74, 6) is -0.155. The number of rotatable bonds is 3. The minimum atomic E-state index is -3.16. The first-order chi connectivity index (χ1) is 8.89. The maximum atomic E-state index is 12.3. The van der Waals surface area contributed by atoms with Gasteiger partial charge < -0.3 is 9.64 Å². The van der Waals surface area contributed by atoms with Crippen molar-refractivity contribution in [2.24, 2.45) is 5.92 Å². The first-order valence-corrected chi connectivity index (χ1v) is 8.25. The minimum Gasteiger partial charge on any atom is -0.371 e. The Bertz CT molecular complexity index is 486. The highest BCUT2D eigenvalue weighted by Crippen LogP contribution is 2.38. The summed E-state index contributed by atoms with van der Waals surface area (Å²) in [6, 6.07) is 0. The molecular weight excluding hydrogens is 268 g/mol. The molecule has 3 atom stereocenters. The topological polar surface area (TPSA) is 66.9 Å². The van der Waals surface area contributed by atoms with E-state index in [1.807, 2.05) is 0 Å². The number of hydrogen-bond donors (Lipinski definition) is 0. The fraction of sp³-hybridized carbons (Fsp3) is 0.917. The summed E-state index contributed by atoms with van der Waals surface area (Å²) in [5, 5.41) is -0.187. The van der Waals surface area contributed by atoms with Gasteiger partial charge in [-0.25, -0.2) is 8.42 Å². The standard InChI is InChI=1S/C12H20N2O4S/c1-13(2)12(15)10-5-8-6-14(7-11(10)18-8)19(16,17)9-3-4-9/h8-11H,3-7H2,1-2H3/t8-,10+,11-/m1/s1. The van der Waals surface area contributed by atoms with Crippen LogP contribution >= 0.6 is 0 Å². The Balaban J connectivity index is 1.75. The molecule has 3 rings (SSSR count). The summed E-state index contributed by atoms with van der Waals surface area (Å²) < 4.78 is 31.8. The molecule has 1 aliphatic carbocycles. The van der Waals surface area contributed by atoms with Gasteiger partial charge in [0.2, 0.25) is 15.9 Å². The van der Waals surface area contributed by atoms with Crippen LogP contribution in [0.4, 0.5) is 0 Å². The van der Waals surface area contributed by atoms with E-state index in [1.54, 1.807) is 23.3 Å². The average Bonchev–Trinajstić information content (AvgIpc) is 3.15. The van der Waals surface area contributed by atoms with Crippen LogP contribution in [0.1, 0.15) is 19.3 Å². The molecule has 0 radical (unpaired) electrons. The second-order valence-electron chi connectivity index (χ2n) is 5.93. The molecule has 0 unspecified atom stereocenters. The summed E-state index contributed by atoms with van der Waals surface area (Å²) in [4.78, 5) is 13.6. The fourth-order valence-corrected chi connectivity index (χ4v) is 4.88. The quantitative estimate of drug-likeness (QED) is 0.712. The summed E-state index contributed by atoms with van der Waals surface area (Å²) in [6.07, 6.45) is 1.78. The maximum Gasteiger partial charge on any atom is 0.227 e. The molecule has 3 aliphatic rings. The second-order valence-corrected chi connectivity index (χ2v) is 8.15. The highest BCUT2D eigenvalue weighted by atomic mass is 32.2.